The van der Waals surface area contributed by atoms with Crippen molar-refractivity contribution < 1.29 is 22.3 Å². The van der Waals surface area contributed by atoms with E-state index in [9.17, 15) is 17.6 Å². The Morgan fingerprint density at radius 3 is 2.39 bits per heavy atom. The maximum Gasteiger partial charge on any atom is 0.573 e. The molecule has 1 aromatic rings. The Morgan fingerprint density at radius 1 is 1.22 bits per heavy atom. The fourth-order valence-corrected chi connectivity index (χ4v) is 2.01. The summed E-state index contributed by atoms with van der Waals surface area (Å²) in [5, 5.41) is 0. The van der Waals surface area contributed by atoms with Crippen molar-refractivity contribution in [2.75, 3.05) is 6.54 Å². The standard InChI is InChI=1S/C12H13F4NO/c13-11(7-17,8-4-5-8)9-2-1-3-10(6-9)18-12(14,15)16/h1-3,6,8H,4-5,7,17H2. The lowest BCUT2D eigenvalue weighted by Crippen LogP contribution is -2.32. The van der Waals surface area contributed by atoms with E-state index >= 15 is 0 Å². The van der Waals surface area contributed by atoms with E-state index in [4.69, 9.17) is 5.73 Å². The molecule has 0 saturated heterocycles. The number of ether oxygens (including phenoxy) is 1. The smallest absolute Gasteiger partial charge is 0.406 e. The zero-order valence-electron chi connectivity index (χ0n) is 9.51. The van der Waals surface area contributed by atoms with Crippen molar-refractivity contribution in [1.29, 1.82) is 0 Å². The van der Waals surface area contributed by atoms with Crippen molar-refractivity contribution in [3.8, 4) is 5.75 Å². The van der Waals surface area contributed by atoms with E-state index in [1.807, 2.05) is 0 Å². The summed E-state index contributed by atoms with van der Waals surface area (Å²) < 4.78 is 54.6. The van der Waals surface area contributed by atoms with E-state index in [0.29, 0.717) is 12.8 Å². The SMILES string of the molecule is NCC(F)(c1cccc(OC(F)(F)F)c1)C1CC1. The van der Waals surface area contributed by atoms with Gasteiger partial charge in [0.1, 0.15) is 5.75 Å². The fourth-order valence-electron chi connectivity index (χ4n) is 2.01. The molecule has 0 aromatic heterocycles. The Bertz CT molecular complexity index is 430. The monoisotopic (exact) mass is 263 g/mol. The van der Waals surface area contributed by atoms with Gasteiger partial charge in [-0.2, -0.15) is 0 Å². The topological polar surface area (TPSA) is 35.2 Å². The highest BCUT2D eigenvalue weighted by atomic mass is 19.4. The van der Waals surface area contributed by atoms with E-state index in [1.165, 1.54) is 12.1 Å². The first kappa shape index (κ1) is 13.1. The van der Waals surface area contributed by atoms with Gasteiger partial charge < -0.3 is 10.5 Å². The van der Waals surface area contributed by atoms with Gasteiger partial charge in [-0.3, -0.25) is 0 Å². The van der Waals surface area contributed by atoms with Crippen LogP contribution in [-0.4, -0.2) is 12.9 Å². The summed E-state index contributed by atoms with van der Waals surface area (Å²) in [6.07, 6.45) is -3.37. The molecule has 1 aliphatic rings. The van der Waals surface area contributed by atoms with Crippen LogP contribution in [0.2, 0.25) is 0 Å². The third-order valence-corrected chi connectivity index (χ3v) is 3.07. The second-order valence-corrected chi connectivity index (χ2v) is 4.42. The zero-order chi connectivity index (χ0) is 13.4. The van der Waals surface area contributed by atoms with Crippen LogP contribution in [-0.2, 0) is 5.67 Å². The van der Waals surface area contributed by atoms with E-state index in [2.05, 4.69) is 4.74 Å². The number of nitrogens with two attached hydrogens (primary N) is 1. The molecular weight excluding hydrogens is 250 g/mol. The molecule has 0 amide bonds. The second-order valence-electron chi connectivity index (χ2n) is 4.42. The first-order valence-electron chi connectivity index (χ1n) is 5.60. The minimum Gasteiger partial charge on any atom is -0.406 e. The lowest BCUT2D eigenvalue weighted by atomic mass is 9.90. The van der Waals surface area contributed by atoms with Crippen LogP contribution in [0, 0.1) is 5.92 Å². The first-order valence-corrected chi connectivity index (χ1v) is 5.60. The number of halogens is 4. The highest BCUT2D eigenvalue weighted by Gasteiger charge is 2.46. The van der Waals surface area contributed by atoms with Gasteiger partial charge in [0, 0.05) is 6.54 Å². The molecule has 0 spiro atoms. The molecule has 2 rings (SSSR count). The molecule has 2 N–H and O–H groups in total. The third kappa shape index (κ3) is 2.75. The summed E-state index contributed by atoms with van der Waals surface area (Å²) in [5.74, 6) is -0.625. The molecule has 0 radical (unpaired) electrons. The van der Waals surface area contributed by atoms with Crippen LogP contribution in [0.25, 0.3) is 0 Å². The van der Waals surface area contributed by atoms with Gasteiger partial charge in [-0.1, -0.05) is 12.1 Å². The summed E-state index contributed by atoms with van der Waals surface area (Å²) >= 11 is 0. The normalized spacial score (nSPS) is 19.4. The predicted molar refractivity (Wildman–Crippen MR) is 57.7 cm³/mol. The van der Waals surface area contributed by atoms with Crippen molar-refractivity contribution in [3.05, 3.63) is 29.8 Å². The van der Waals surface area contributed by atoms with Gasteiger partial charge in [0.2, 0.25) is 0 Å². The first-order chi connectivity index (χ1) is 8.35. The number of alkyl halides is 4. The number of rotatable bonds is 4. The quantitative estimate of drug-likeness (QED) is 0.847. The summed E-state index contributed by atoms with van der Waals surface area (Å²) in [5.41, 5.74) is 3.81. The van der Waals surface area contributed by atoms with Crippen LogP contribution in [0.3, 0.4) is 0 Å². The maximum absolute atomic E-state index is 14.6. The Hall–Kier alpha value is -1.30. The molecule has 2 nitrogen and oxygen atoms in total. The van der Waals surface area contributed by atoms with Gasteiger partial charge in [-0.15, -0.1) is 13.2 Å². The molecule has 1 atom stereocenters. The Balaban J connectivity index is 2.26. The fraction of sp³-hybridized carbons (Fsp3) is 0.500. The molecule has 1 fully saturated rings. The Morgan fingerprint density at radius 2 is 1.89 bits per heavy atom. The van der Waals surface area contributed by atoms with Crippen molar-refractivity contribution in [2.24, 2.45) is 11.7 Å². The Kier molecular flexibility index (Phi) is 3.23. The van der Waals surface area contributed by atoms with Crippen LogP contribution in [0.5, 0.6) is 5.75 Å². The molecule has 100 valence electrons. The van der Waals surface area contributed by atoms with Crippen molar-refractivity contribution in [2.45, 2.75) is 24.9 Å². The van der Waals surface area contributed by atoms with Crippen molar-refractivity contribution in [1.82, 2.24) is 0 Å². The van der Waals surface area contributed by atoms with Gasteiger partial charge in [0.05, 0.1) is 0 Å². The molecule has 0 aliphatic heterocycles. The molecule has 1 aromatic carbocycles. The van der Waals surface area contributed by atoms with E-state index in [0.717, 1.165) is 12.1 Å². The predicted octanol–water partition coefficient (Wildman–Crippen LogP) is 3.12. The van der Waals surface area contributed by atoms with Gasteiger partial charge in [0.15, 0.2) is 5.67 Å². The minimum atomic E-state index is -4.78. The van der Waals surface area contributed by atoms with Crippen LogP contribution < -0.4 is 10.5 Å². The van der Waals surface area contributed by atoms with Gasteiger partial charge >= 0.3 is 6.36 Å². The van der Waals surface area contributed by atoms with Gasteiger partial charge in [-0.25, -0.2) is 4.39 Å². The molecule has 0 heterocycles. The lowest BCUT2D eigenvalue weighted by molar-refractivity contribution is -0.274. The summed E-state index contributed by atoms with van der Waals surface area (Å²) in [4.78, 5) is 0. The Labute approximate surface area is 102 Å². The van der Waals surface area contributed by atoms with E-state index < -0.39 is 17.8 Å². The van der Waals surface area contributed by atoms with E-state index in [-0.39, 0.29) is 18.0 Å². The molecule has 18 heavy (non-hydrogen) atoms. The van der Waals surface area contributed by atoms with Crippen LogP contribution in [0.4, 0.5) is 17.6 Å². The van der Waals surface area contributed by atoms with Crippen molar-refractivity contribution in [3.63, 3.8) is 0 Å². The molecule has 1 saturated carbocycles. The summed E-state index contributed by atoms with van der Waals surface area (Å²) in [6.45, 7) is -0.243. The number of benzene rings is 1. The average molecular weight is 263 g/mol. The second kappa shape index (κ2) is 4.42. The number of hydrogen-bond acceptors (Lipinski definition) is 2. The van der Waals surface area contributed by atoms with Crippen LogP contribution in [0.15, 0.2) is 24.3 Å². The molecule has 6 heteroatoms. The number of hydrogen-bond donors (Lipinski definition) is 1. The molecular formula is C12H13F4NO. The van der Waals surface area contributed by atoms with Gasteiger partial charge in [-0.05, 0) is 36.5 Å². The van der Waals surface area contributed by atoms with E-state index in [1.54, 1.807) is 0 Å². The van der Waals surface area contributed by atoms with Crippen molar-refractivity contribution >= 4 is 0 Å². The van der Waals surface area contributed by atoms with Crippen LogP contribution in [0.1, 0.15) is 18.4 Å². The van der Waals surface area contributed by atoms with Crippen LogP contribution >= 0.6 is 0 Å². The average Bonchev–Trinajstić information content (AvgIpc) is 3.10. The lowest BCUT2D eigenvalue weighted by Gasteiger charge is -2.24. The molecule has 1 aliphatic carbocycles. The minimum absolute atomic E-state index is 0.147. The van der Waals surface area contributed by atoms with Gasteiger partial charge in [0.25, 0.3) is 0 Å². The highest BCUT2D eigenvalue weighted by Crippen LogP contribution is 2.48. The third-order valence-electron chi connectivity index (χ3n) is 3.07. The molecule has 1 unspecified atom stereocenters. The molecule has 0 bridgehead atoms. The maximum atomic E-state index is 14.6. The zero-order valence-corrected chi connectivity index (χ0v) is 9.51. The largest absolute Gasteiger partial charge is 0.573 e. The highest BCUT2D eigenvalue weighted by molar-refractivity contribution is 5.34. The summed E-state index contributed by atoms with van der Waals surface area (Å²) in [6, 6.07) is 4.98. The summed E-state index contributed by atoms with van der Waals surface area (Å²) in [7, 11) is 0.